The maximum atomic E-state index is 12.5. The van der Waals surface area contributed by atoms with Gasteiger partial charge < -0.3 is 11.1 Å². The van der Waals surface area contributed by atoms with E-state index in [2.05, 4.69) is 28.2 Å². The molecule has 1 aliphatic rings. The Kier molecular flexibility index (Phi) is 5.08. The van der Waals surface area contributed by atoms with Crippen LogP contribution >= 0.6 is 15.9 Å². The summed E-state index contributed by atoms with van der Waals surface area (Å²) < 4.78 is 0.847. The molecule has 0 spiro atoms. The zero-order valence-corrected chi connectivity index (χ0v) is 13.8. The highest BCUT2D eigenvalue weighted by Crippen LogP contribution is 2.25. The van der Waals surface area contributed by atoms with Crippen LogP contribution in [-0.4, -0.2) is 11.9 Å². The van der Waals surface area contributed by atoms with E-state index < -0.39 is 0 Å². The van der Waals surface area contributed by atoms with Gasteiger partial charge in [-0.2, -0.15) is 0 Å². The van der Waals surface area contributed by atoms with Crippen LogP contribution in [0.3, 0.4) is 0 Å². The monoisotopic (exact) mass is 338 g/mol. The zero-order chi connectivity index (χ0) is 14.7. The number of hydrogen-bond acceptors (Lipinski definition) is 2. The molecule has 0 saturated heterocycles. The minimum atomic E-state index is -0.00532. The third-order valence-corrected chi connectivity index (χ3v) is 4.79. The molecule has 3 N–H and O–H groups in total. The molecule has 0 heterocycles. The van der Waals surface area contributed by atoms with Gasteiger partial charge >= 0.3 is 0 Å². The fraction of sp³-hybridized carbons (Fsp3) is 0.562. The third kappa shape index (κ3) is 3.54. The van der Waals surface area contributed by atoms with Crippen molar-refractivity contribution in [3.63, 3.8) is 0 Å². The van der Waals surface area contributed by atoms with E-state index in [9.17, 15) is 4.79 Å². The number of nitrogens with one attached hydrogen (secondary N) is 1. The van der Waals surface area contributed by atoms with Crippen molar-refractivity contribution in [2.75, 3.05) is 5.73 Å². The van der Waals surface area contributed by atoms with Crippen LogP contribution in [0.25, 0.3) is 0 Å². The molecule has 0 aromatic heterocycles. The molecule has 2 unspecified atom stereocenters. The highest BCUT2D eigenvalue weighted by molar-refractivity contribution is 9.10. The van der Waals surface area contributed by atoms with Crippen molar-refractivity contribution in [3.05, 3.63) is 27.7 Å². The highest BCUT2D eigenvalue weighted by Gasteiger charge is 2.23. The van der Waals surface area contributed by atoms with Gasteiger partial charge in [0, 0.05) is 21.8 Å². The number of hydrogen-bond donors (Lipinski definition) is 2. The van der Waals surface area contributed by atoms with E-state index in [0.29, 0.717) is 17.2 Å². The average molecular weight is 339 g/mol. The van der Waals surface area contributed by atoms with Gasteiger partial charge in [-0.15, -0.1) is 0 Å². The molecule has 1 aliphatic carbocycles. The van der Waals surface area contributed by atoms with Crippen LogP contribution in [0.5, 0.6) is 0 Å². The third-order valence-electron chi connectivity index (χ3n) is 4.34. The van der Waals surface area contributed by atoms with Gasteiger partial charge in [-0.1, -0.05) is 42.1 Å². The summed E-state index contributed by atoms with van der Waals surface area (Å²) in [6.07, 6.45) is 6.03. The van der Waals surface area contributed by atoms with Gasteiger partial charge in [0.25, 0.3) is 5.91 Å². The highest BCUT2D eigenvalue weighted by atomic mass is 79.9. The Morgan fingerprint density at radius 1 is 1.30 bits per heavy atom. The summed E-state index contributed by atoms with van der Waals surface area (Å²) in [5.74, 6) is 0.542. The second-order valence-corrected chi connectivity index (χ2v) is 6.78. The SMILES string of the molecule is Cc1c(N)cc(Br)cc1C(=O)NC1CCCCCC1C. The maximum absolute atomic E-state index is 12.5. The van der Waals surface area contributed by atoms with Gasteiger partial charge in [0.1, 0.15) is 0 Å². The molecule has 1 fully saturated rings. The van der Waals surface area contributed by atoms with E-state index >= 15 is 0 Å². The largest absolute Gasteiger partial charge is 0.398 e. The van der Waals surface area contributed by atoms with E-state index in [1.807, 2.05) is 19.1 Å². The lowest BCUT2D eigenvalue weighted by atomic mass is 9.96. The number of carbonyl (C=O) groups excluding carboxylic acids is 1. The topological polar surface area (TPSA) is 55.1 Å². The molecule has 0 bridgehead atoms. The molecule has 1 aromatic carbocycles. The number of anilines is 1. The van der Waals surface area contributed by atoms with Crippen molar-refractivity contribution in [2.24, 2.45) is 5.92 Å². The zero-order valence-electron chi connectivity index (χ0n) is 12.2. The Hall–Kier alpha value is -1.03. The molecule has 2 rings (SSSR count). The lowest BCUT2D eigenvalue weighted by molar-refractivity contribution is 0.0921. The number of nitrogens with two attached hydrogens (primary N) is 1. The van der Waals surface area contributed by atoms with Crippen LogP contribution in [0.15, 0.2) is 16.6 Å². The summed E-state index contributed by atoms with van der Waals surface area (Å²) in [6.45, 7) is 4.13. The van der Waals surface area contributed by atoms with Gasteiger partial charge in [0.15, 0.2) is 0 Å². The fourth-order valence-corrected chi connectivity index (χ4v) is 3.37. The predicted molar refractivity (Wildman–Crippen MR) is 86.8 cm³/mol. The molecule has 2 atom stereocenters. The second-order valence-electron chi connectivity index (χ2n) is 5.86. The summed E-state index contributed by atoms with van der Waals surface area (Å²) in [7, 11) is 0. The van der Waals surface area contributed by atoms with Gasteiger partial charge in [0.2, 0.25) is 0 Å². The summed E-state index contributed by atoms with van der Waals surface area (Å²) in [6, 6.07) is 3.97. The van der Waals surface area contributed by atoms with E-state index in [1.54, 1.807) is 0 Å². The molecule has 3 nitrogen and oxygen atoms in total. The van der Waals surface area contributed by atoms with E-state index in [-0.39, 0.29) is 11.9 Å². The molecule has 0 aliphatic heterocycles. The van der Waals surface area contributed by atoms with Crippen molar-refractivity contribution in [3.8, 4) is 0 Å². The predicted octanol–water partition coefficient (Wildman–Crippen LogP) is 4.04. The maximum Gasteiger partial charge on any atom is 0.251 e. The molecule has 110 valence electrons. The molecule has 1 amide bonds. The van der Waals surface area contributed by atoms with Crippen LogP contribution < -0.4 is 11.1 Å². The van der Waals surface area contributed by atoms with Gasteiger partial charge in [-0.05, 0) is 43.4 Å². The summed E-state index contributed by atoms with van der Waals surface area (Å²) in [4.78, 5) is 12.5. The average Bonchev–Trinajstić information content (AvgIpc) is 2.59. The smallest absolute Gasteiger partial charge is 0.251 e. The molecular weight excluding hydrogens is 316 g/mol. The van der Waals surface area contributed by atoms with Gasteiger partial charge in [0.05, 0.1) is 0 Å². The number of halogens is 1. The normalized spacial score (nSPS) is 23.1. The first kappa shape index (κ1) is 15.4. The van der Waals surface area contributed by atoms with Gasteiger partial charge in [-0.3, -0.25) is 4.79 Å². The van der Waals surface area contributed by atoms with Crippen LogP contribution in [0.4, 0.5) is 5.69 Å². The standard InChI is InChI=1S/C16H23BrN2O/c1-10-6-4-3-5-7-15(10)19-16(20)13-8-12(17)9-14(18)11(13)2/h8-10,15H,3-7,18H2,1-2H3,(H,19,20). The van der Waals surface area contributed by atoms with E-state index in [4.69, 9.17) is 5.73 Å². The quantitative estimate of drug-likeness (QED) is 0.631. The number of carbonyl (C=O) groups is 1. The van der Waals surface area contributed by atoms with Crippen molar-refractivity contribution >= 4 is 27.5 Å². The summed E-state index contributed by atoms with van der Waals surface area (Å²) >= 11 is 3.41. The first-order valence-corrected chi connectivity index (χ1v) is 8.15. The Balaban J connectivity index is 2.15. The Morgan fingerprint density at radius 2 is 2.00 bits per heavy atom. The second kappa shape index (κ2) is 6.61. The molecule has 1 saturated carbocycles. The Morgan fingerprint density at radius 3 is 2.75 bits per heavy atom. The van der Waals surface area contributed by atoms with Crippen molar-refractivity contribution in [2.45, 2.75) is 52.0 Å². The van der Waals surface area contributed by atoms with E-state index in [1.165, 1.54) is 25.7 Å². The molecule has 4 heteroatoms. The van der Waals surface area contributed by atoms with E-state index in [0.717, 1.165) is 16.5 Å². The Bertz CT molecular complexity index is 501. The lowest BCUT2D eigenvalue weighted by Crippen LogP contribution is -2.39. The van der Waals surface area contributed by atoms with Crippen molar-refractivity contribution in [1.29, 1.82) is 0 Å². The van der Waals surface area contributed by atoms with Crippen LogP contribution in [0.1, 0.15) is 54.9 Å². The Labute approximate surface area is 129 Å². The summed E-state index contributed by atoms with van der Waals surface area (Å²) in [5.41, 5.74) is 8.11. The number of benzene rings is 1. The summed E-state index contributed by atoms with van der Waals surface area (Å²) in [5, 5.41) is 3.20. The van der Waals surface area contributed by atoms with Crippen molar-refractivity contribution < 1.29 is 4.79 Å². The molecule has 1 aromatic rings. The number of amides is 1. The van der Waals surface area contributed by atoms with Crippen LogP contribution in [-0.2, 0) is 0 Å². The molecule has 0 radical (unpaired) electrons. The minimum Gasteiger partial charge on any atom is -0.398 e. The minimum absolute atomic E-state index is 0.00532. The molecule has 20 heavy (non-hydrogen) atoms. The first-order valence-electron chi connectivity index (χ1n) is 7.35. The molecular formula is C16H23BrN2O. The lowest BCUT2D eigenvalue weighted by Gasteiger charge is -2.23. The fourth-order valence-electron chi connectivity index (χ4n) is 2.89. The van der Waals surface area contributed by atoms with Crippen LogP contribution in [0.2, 0.25) is 0 Å². The van der Waals surface area contributed by atoms with Gasteiger partial charge in [-0.25, -0.2) is 0 Å². The number of nitrogen functional groups attached to an aromatic ring is 1. The van der Waals surface area contributed by atoms with Crippen LogP contribution in [0, 0.1) is 12.8 Å². The van der Waals surface area contributed by atoms with Crippen molar-refractivity contribution in [1.82, 2.24) is 5.32 Å². The first-order chi connectivity index (χ1) is 9.49. The number of rotatable bonds is 2.